The number of rotatable bonds is 6. The first-order valence-electron chi connectivity index (χ1n) is 7.47. The average molecular weight is 361 g/mol. The monoisotopic (exact) mass is 361 g/mol. The van der Waals surface area contributed by atoms with Crippen LogP contribution in [0, 0.1) is 5.92 Å². The third kappa shape index (κ3) is 4.24. The Balaban J connectivity index is 2.30. The van der Waals surface area contributed by atoms with Crippen molar-refractivity contribution in [2.45, 2.75) is 30.0 Å². The largest absolute Gasteiger partial charge is 0.497 e. The Labute approximate surface area is 138 Å². The lowest BCUT2D eigenvalue weighted by molar-refractivity contribution is 0.414. The Morgan fingerprint density at radius 2 is 1.83 bits per heavy atom. The minimum Gasteiger partial charge on any atom is -0.497 e. The standard InChI is InChI=1S/C15H23NO5S2/c1-11(2)8-16-14-9-22(17,18)10-15(14)23(19,20)13-6-4-12(21-3)5-7-13/h4-7,11,14-16H,8-10H2,1-3H3/t14-,15-/m0/s1. The summed E-state index contributed by atoms with van der Waals surface area (Å²) in [6, 6.07) is 5.46. The van der Waals surface area contributed by atoms with Gasteiger partial charge in [-0.05, 0) is 36.7 Å². The minimum absolute atomic E-state index is 0.122. The first kappa shape index (κ1) is 18.2. The second kappa shape index (κ2) is 6.78. The lowest BCUT2D eigenvalue weighted by Crippen LogP contribution is -2.44. The van der Waals surface area contributed by atoms with Crippen molar-refractivity contribution in [2.75, 3.05) is 25.2 Å². The summed E-state index contributed by atoms with van der Waals surface area (Å²) in [6.07, 6.45) is 0. The Bertz CT molecular complexity index is 739. The van der Waals surface area contributed by atoms with Gasteiger partial charge in [-0.3, -0.25) is 0 Å². The van der Waals surface area contributed by atoms with Gasteiger partial charge in [0.25, 0.3) is 0 Å². The molecule has 1 aromatic rings. The molecule has 1 saturated heterocycles. The molecule has 1 fully saturated rings. The zero-order valence-corrected chi connectivity index (χ0v) is 15.2. The minimum atomic E-state index is -3.73. The van der Waals surface area contributed by atoms with Crippen LogP contribution < -0.4 is 10.1 Å². The maximum absolute atomic E-state index is 12.8. The molecular formula is C15H23NO5S2. The van der Waals surface area contributed by atoms with Gasteiger partial charge in [0.15, 0.2) is 19.7 Å². The summed E-state index contributed by atoms with van der Waals surface area (Å²) >= 11 is 0. The Kier molecular flexibility index (Phi) is 5.37. The van der Waals surface area contributed by atoms with Gasteiger partial charge in [-0.25, -0.2) is 16.8 Å². The zero-order chi connectivity index (χ0) is 17.3. The summed E-state index contributed by atoms with van der Waals surface area (Å²) in [5.74, 6) is 0.386. The molecule has 1 aromatic carbocycles. The van der Waals surface area contributed by atoms with Gasteiger partial charge in [-0.2, -0.15) is 0 Å². The SMILES string of the molecule is COc1ccc(S(=O)(=O)[C@H]2CS(=O)(=O)C[C@@H]2NCC(C)C)cc1. The third-order valence-electron chi connectivity index (χ3n) is 3.88. The van der Waals surface area contributed by atoms with E-state index < -0.39 is 31.0 Å². The summed E-state index contributed by atoms with van der Waals surface area (Å²) < 4.78 is 54.6. The highest BCUT2D eigenvalue weighted by atomic mass is 32.2. The van der Waals surface area contributed by atoms with Crippen LogP contribution in [0.1, 0.15) is 13.8 Å². The van der Waals surface area contributed by atoms with E-state index in [4.69, 9.17) is 4.74 Å². The van der Waals surface area contributed by atoms with Crippen molar-refractivity contribution in [2.24, 2.45) is 5.92 Å². The van der Waals surface area contributed by atoms with Gasteiger partial charge in [0, 0.05) is 6.04 Å². The number of sulfone groups is 2. The van der Waals surface area contributed by atoms with E-state index in [9.17, 15) is 16.8 Å². The molecule has 0 bridgehead atoms. The molecule has 8 heteroatoms. The smallest absolute Gasteiger partial charge is 0.183 e. The van der Waals surface area contributed by atoms with Crippen molar-refractivity contribution < 1.29 is 21.6 Å². The average Bonchev–Trinajstić information content (AvgIpc) is 2.81. The Morgan fingerprint density at radius 3 is 2.35 bits per heavy atom. The van der Waals surface area contributed by atoms with E-state index in [1.807, 2.05) is 13.8 Å². The van der Waals surface area contributed by atoms with Gasteiger partial charge < -0.3 is 10.1 Å². The van der Waals surface area contributed by atoms with Crippen LogP contribution in [0.15, 0.2) is 29.2 Å². The molecule has 0 aromatic heterocycles. The zero-order valence-electron chi connectivity index (χ0n) is 13.5. The lowest BCUT2D eigenvalue weighted by atomic mass is 10.2. The maximum atomic E-state index is 12.8. The van der Waals surface area contributed by atoms with Crippen molar-refractivity contribution in [3.8, 4) is 5.75 Å². The molecule has 1 aliphatic rings. The molecule has 23 heavy (non-hydrogen) atoms. The number of hydrogen-bond donors (Lipinski definition) is 1. The van der Waals surface area contributed by atoms with Crippen LogP contribution in [-0.4, -0.2) is 53.3 Å². The highest BCUT2D eigenvalue weighted by Crippen LogP contribution is 2.27. The fraction of sp³-hybridized carbons (Fsp3) is 0.600. The summed E-state index contributed by atoms with van der Waals surface area (Å²) in [6.45, 7) is 4.56. The van der Waals surface area contributed by atoms with Crippen molar-refractivity contribution >= 4 is 19.7 Å². The van der Waals surface area contributed by atoms with Crippen LogP contribution in [-0.2, 0) is 19.7 Å². The second-order valence-electron chi connectivity index (χ2n) is 6.24. The number of nitrogens with one attached hydrogen (secondary N) is 1. The van der Waals surface area contributed by atoms with Crippen molar-refractivity contribution in [3.05, 3.63) is 24.3 Å². The molecule has 2 atom stereocenters. The number of benzene rings is 1. The number of ether oxygens (including phenoxy) is 1. The van der Waals surface area contributed by atoms with Gasteiger partial charge in [0.05, 0.1) is 28.8 Å². The molecule has 0 unspecified atom stereocenters. The van der Waals surface area contributed by atoms with Crippen LogP contribution >= 0.6 is 0 Å². The van der Waals surface area contributed by atoms with Gasteiger partial charge in [-0.1, -0.05) is 13.8 Å². The van der Waals surface area contributed by atoms with E-state index in [0.29, 0.717) is 18.2 Å². The molecule has 1 N–H and O–H groups in total. The number of methoxy groups -OCH3 is 1. The molecule has 0 radical (unpaired) electrons. The van der Waals surface area contributed by atoms with Crippen LogP contribution in [0.3, 0.4) is 0 Å². The lowest BCUT2D eigenvalue weighted by Gasteiger charge is -2.21. The van der Waals surface area contributed by atoms with E-state index in [0.717, 1.165) is 0 Å². The Hall–Kier alpha value is -1.12. The maximum Gasteiger partial charge on any atom is 0.183 e. The molecule has 1 aliphatic heterocycles. The second-order valence-corrected chi connectivity index (χ2v) is 10.6. The molecule has 0 saturated carbocycles. The molecule has 130 valence electrons. The fourth-order valence-electron chi connectivity index (χ4n) is 2.64. The first-order chi connectivity index (χ1) is 10.7. The topological polar surface area (TPSA) is 89.5 Å². The van der Waals surface area contributed by atoms with Gasteiger partial charge >= 0.3 is 0 Å². The third-order valence-corrected chi connectivity index (χ3v) is 8.04. The molecular weight excluding hydrogens is 338 g/mol. The van der Waals surface area contributed by atoms with E-state index in [1.165, 1.54) is 19.2 Å². The van der Waals surface area contributed by atoms with Crippen molar-refractivity contribution in [1.29, 1.82) is 0 Å². The van der Waals surface area contributed by atoms with Gasteiger partial charge in [0.2, 0.25) is 0 Å². The van der Waals surface area contributed by atoms with Crippen molar-refractivity contribution in [3.63, 3.8) is 0 Å². The predicted molar refractivity (Wildman–Crippen MR) is 89.3 cm³/mol. The molecule has 0 spiro atoms. The highest BCUT2D eigenvalue weighted by molar-refractivity contribution is 7.96. The van der Waals surface area contributed by atoms with E-state index in [2.05, 4.69) is 5.32 Å². The summed E-state index contributed by atoms with van der Waals surface area (Å²) in [7, 11) is -5.59. The summed E-state index contributed by atoms with van der Waals surface area (Å²) in [5, 5.41) is 2.14. The Morgan fingerprint density at radius 1 is 1.22 bits per heavy atom. The molecule has 6 nitrogen and oxygen atoms in total. The van der Waals surface area contributed by atoms with E-state index in [-0.39, 0.29) is 16.4 Å². The molecule has 1 heterocycles. The van der Waals surface area contributed by atoms with Gasteiger partial charge in [-0.15, -0.1) is 0 Å². The predicted octanol–water partition coefficient (Wildman–Crippen LogP) is 0.880. The molecule has 2 rings (SSSR count). The fourth-order valence-corrected chi connectivity index (χ4v) is 7.36. The van der Waals surface area contributed by atoms with Crippen molar-refractivity contribution in [1.82, 2.24) is 5.32 Å². The quantitative estimate of drug-likeness (QED) is 0.809. The first-order valence-corrected chi connectivity index (χ1v) is 10.8. The molecule has 0 aliphatic carbocycles. The number of hydrogen-bond acceptors (Lipinski definition) is 6. The molecule has 0 amide bonds. The van der Waals surface area contributed by atoms with Gasteiger partial charge in [0.1, 0.15) is 5.75 Å². The van der Waals surface area contributed by atoms with E-state index in [1.54, 1.807) is 12.1 Å². The van der Waals surface area contributed by atoms with Crippen LogP contribution in [0.2, 0.25) is 0 Å². The van der Waals surface area contributed by atoms with Crippen LogP contribution in [0.4, 0.5) is 0 Å². The van der Waals surface area contributed by atoms with Crippen LogP contribution in [0.5, 0.6) is 5.75 Å². The van der Waals surface area contributed by atoms with Crippen LogP contribution in [0.25, 0.3) is 0 Å². The summed E-state index contributed by atoms with van der Waals surface area (Å²) in [5.41, 5.74) is 0. The normalized spacial score (nSPS) is 24.0. The summed E-state index contributed by atoms with van der Waals surface area (Å²) in [4.78, 5) is 0.122. The highest BCUT2D eigenvalue weighted by Gasteiger charge is 2.45. The van der Waals surface area contributed by atoms with E-state index >= 15 is 0 Å².